The summed E-state index contributed by atoms with van der Waals surface area (Å²) in [7, 11) is 1.77. The van der Waals surface area contributed by atoms with Crippen molar-refractivity contribution in [3.63, 3.8) is 0 Å². The average Bonchev–Trinajstić information content (AvgIpc) is 3.45. The highest BCUT2D eigenvalue weighted by atomic mass is 35.5. The Morgan fingerprint density at radius 1 is 1.10 bits per heavy atom. The molecular weight excluding hydrogens is 530 g/mol. The molecule has 3 saturated heterocycles. The average molecular weight is 566 g/mol. The Balaban J connectivity index is 1.23. The molecule has 2 amide bonds. The minimum Gasteiger partial charge on any atom is -0.449 e. The Bertz CT molecular complexity index is 1200. The fraction of sp³-hybridized carbons (Fsp3) is 0.533. The summed E-state index contributed by atoms with van der Waals surface area (Å²) >= 11 is 6.15. The molecule has 0 N–H and O–H groups in total. The second-order valence-corrected chi connectivity index (χ2v) is 11.4. The maximum absolute atomic E-state index is 13.7. The lowest BCUT2D eigenvalue weighted by Gasteiger charge is -2.34. The predicted molar refractivity (Wildman–Crippen MR) is 151 cm³/mol. The molecule has 0 bridgehead atoms. The molecule has 10 heteroatoms. The highest BCUT2D eigenvalue weighted by Crippen LogP contribution is 2.34. The van der Waals surface area contributed by atoms with Crippen LogP contribution >= 0.6 is 11.6 Å². The summed E-state index contributed by atoms with van der Waals surface area (Å²) in [6, 6.07) is 13.2. The maximum Gasteiger partial charge on any atom is 0.409 e. The number of aromatic nitrogens is 1. The molecule has 3 aliphatic heterocycles. The Morgan fingerprint density at radius 2 is 1.82 bits per heavy atom. The van der Waals surface area contributed by atoms with Gasteiger partial charge in [-0.25, -0.2) is 9.78 Å². The van der Waals surface area contributed by atoms with Crippen LogP contribution in [0, 0.1) is 23.2 Å². The number of nitriles is 1. The number of carbonyl (C=O) groups is 2. The Labute approximate surface area is 240 Å². The second-order valence-electron chi connectivity index (χ2n) is 11.0. The fourth-order valence-electron chi connectivity index (χ4n) is 5.99. The predicted octanol–water partition coefficient (Wildman–Crippen LogP) is 4.31. The van der Waals surface area contributed by atoms with Gasteiger partial charge in [0.15, 0.2) is 0 Å². The molecule has 0 aliphatic carbocycles. The first-order valence-electron chi connectivity index (χ1n) is 14.1. The van der Waals surface area contributed by atoms with E-state index in [-0.39, 0.29) is 29.9 Å². The number of halogens is 1. The van der Waals surface area contributed by atoms with Gasteiger partial charge in [0.25, 0.3) is 0 Å². The van der Waals surface area contributed by atoms with Crippen molar-refractivity contribution in [2.24, 2.45) is 11.8 Å². The smallest absolute Gasteiger partial charge is 0.409 e. The second kappa shape index (κ2) is 12.9. The molecule has 5 rings (SSSR count). The molecule has 0 unspecified atom stereocenters. The van der Waals surface area contributed by atoms with Gasteiger partial charge in [0, 0.05) is 69.5 Å². The van der Waals surface area contributed by atoms with Crippen LogP contribution in [0.3, 0.4) is 0 Å². The van der Waals surface area contributed by atoms with Gasteiger partial charge in [-0.05, 0) is 61.4 Å². The first kappa shape index (κ1) is 28.2. The Kier molecular flexibility index (Phi) is 9.08. The number of pyridine rings is 1. The molecule has 212 valence electrons. The standard InChI is InChI=1S/C30H36ClN5O4/c1-34(30(38)40-20-21-10-14-39-15-11-21)27-19-36(18-26(27)23-3-5-25(31)6-4-23)29(37)24-8-12-35(13-9-24)28-7-2-22(16-32)17-33-28/h2-7,17,21,24,26-27H,8-15,18-20H2,1H3/t26-,27+/m0/s1. The van der Waals surface area contributed by atoms with E-state index >= 15 is 0 Å². The van der Waals surface area contributed by atoms with Gasteiger partial charge in [0.1, 0.15) is 11.9 Å². The van der Waals surface area contributed by atoms with E-state index in [0.717, 1.165) is 50.2 Å². The molecule has 9 nitrogen and oxygen atoms in total. The monoisotopic (exact) mass is 565 g/mol. The first-order valence-corrected chi connectivity index (χ1v) is 14.4. The number of ether oxygens (including phenoxy) is 2. The number of hydrogen-bond acceptors (Lipinski definition) is 7. The summed E-state index contributed by atoms with van der Waals surface area (Å²) in [5.41, 5.74) is 1.58. The van der Waals surface area contributed by atoms with Crippen LogP contribution in [0.2, 0.25) is 5.02 Å². The van der Waals surface area contributed by atoms with Crippen LogP contribution in [0.1, 0.15) is 42.7 Å². The molecule has 3 aliphatic rings. The third-order valence-corrected chi connectivity index (χ3v) is 8.76. The van der Waals surface area contributed by atoms with Gasteiger partial charge in [-0.15, -0.1) is 0 Å². The topological polar surface area (TPSA) is 99.0 Å². The van der Waals surface area contributed by atoms with E-state index < -0.39 is 0 Å². The van der Waals surface area contributed by atoms with E-state index in [1.165, 1.54) is 0 Å². The zero-order valence-corrected chi connectivity index (χ0v) is 23.6. The van der Waals surface area contributed by atoms with E-state index in [0.29, 0.717) is 49.4 Å². The largest absolute Gasteiger partial charge is 0.449 e. The Hall–Kier alpha value is -3.35. The van der Waals surface area contributed by atoms with Gasteiger partial charge in [-0.1, -0.05) is 23.7 Å². The van der Waals surface area contributed by atoms with Crippen molar-refractivity contribution >= 4 is 29.4 Å². The summed E-state index contributed by atoms with van der Waals surface area (Å²) in [6.07, 6.45) is 4.49. The van der Waals surface area contributed by atoms with Gasteiger partial charge >= 0.3 is 6.09 Å². The summed E-state index contributed by atoms with van der Waals surface area (Å²) < 4.78 is 11.1. The van der Waals surface area contributed by atoms with Gasteiger partial charge in [-0.2, -0.15) is 5.26 Å². The van der Waals surface area contributed by atoms with E-state index in [1.807, 2.05) is 35.2 Å². The van der Waals surface area contributed by atoms with Crippen LogP contribution < -0.4 is 4.90 Å². The molecule has 0 spiro atoms. The van der Waals surface area contributed by atoms with Crippen molar-refractivity contribution in [1.82, 2.24) is 14.8 Å². The third kappa shape index (κ3) is 6.51. The van der Waals surface area contributed by atoms with E-state index in [2.05, 4.69) is 16.0 Å². The van der Waals surface area contributed by atoms with Crippen LogP contribution in [0.25, 0.3) is 0 Å². The zero-order chi connectivity index (χ0) is 28.1. The molecule has 1 aromatic heterocycles. The van der Waals surface area contributed by atoms with Crippen molar-refractivity contribution < 1.29 is 19.1 Å². The number of rotatable bonds is 6. The van der Waals surface area contributed by atoms with Crippen LogP contribution in [0.15, 0.2) is 42.6 Å². The van der Waals surface area contributed by atoms with Gasteiger partial charge < -0.3 is 24.2 Å². The quantitative estimate of drug-likeness (QED) is 0.514. The van der Waals surface area contributed by atoms with Crippen LogP contribution in [0.4, 0.5) is 10.6 Å². The van der Waals surface area contributed by atoms with Crippen LogP contribution in [-0.4, -0.2) is 85.9 Å². The van der Waals surface area contributed by atoms with E-state index in [1.54, 1.807) is 24.2 Å². The molecular formula is C30H36ClN5O4. The number of hydrogen-bond donors (Lipinski definition) is 0. The van der Waals surface area contributed by atoms with Gasteiger partial charge in [-0.3, -0.25) is 4.79 Å². The number of anilines is 1. The summed E-state index contributed by atoms with van der Waals surface area (Å²) in [5, 5.41) is 9.67. The molecule has 1 aromatic carbocycles. The van der Waals surface area contributed by atoms with Crippen molar-refractivity contribution in [2.75, 3.05) is 57.9 Å². The lowest BCUT2D eigenvalue weighted by Crippen LogP contribution is -2.45. The molecule has 0 saturated carbocycles. The zero-order valence-electron chi connectivity index (χ0n) is 22.9. The minimum absolute atomic E-state index is 0.0372. The lowest BCUT2D eigenvalue weighted by molar-refractivity contribution is -0.135. The number of likely N-dealkylation sites (tertiary alicyclic amines) is 1. The number of piperidine rings is 1. The highest BCUT2D eigenvalue weighted by molar-refractivity contribution is 6.30. The van der Waals surface area contributed by atoms with Crippen molar-refractivity contribution in [1.29, 1.82) is 5.26 Å². The first-order chi connectivity index (χ1) is 19.4. The molecule has 40 heavy (non-hydrogen) atoms. The summed E-state index contributed by atoms with van der Waals surface area (Å²) in [6.45, 7) is 4.27. The minimum atomic E-state index is -0.354. The normalized spacial score (nSPS) is 22.1. The van der Waals surface area contributed by atoms with Crippen molar-refractivity contribution in [3.8, 4) is 6.07 Å². The van der Waals surface area contributed by atoms with Gasteiger partial charge in [0.2, 0.25) is 5.91 Å². The van der Waals surface area contributed by atoms with Crippen molar-refractivity contribution in [2.45, 2.75) is 37.6 Å². The highest BCUT2D eigenvalue weighted by Gasteiger charge is 2.42. The Morgan fingerprint density at radius 3 is 2.48 bits per heavy atom. The number of likely N-dealkylation sites (N-methyl/N-ethyl adjacent to an activating group) is 1. The maximum atomic E-state index is 13.7. The van der Waals surface area contributed by atoms with Crippen molar-refractivity contribution in [3.05, 3.63) is 58.7 Å². The van der Waals surface area contributed by atoms with Gasteiger partial charge in [0.05, 0.1) is 18.2 Å². The number of benzene rings is 1. The molecule has 0 radical (unpaired) electrons. The molecule has 2 atom stereocenters. The van der Waals surface area contributed by atoms with Crippen LogP contribution in [0.5, 0.6) is 0 Å². The number of carbonyl (C=O) groups excluding carboxylic acids is 2. The number of nitrogens with zero attached hydrogens (tertiary/aromatic N) is 5. The molecule has 2 aromatic rings. The summed E-state index contributed by atoms with van der Waals surface area (Å²) in [4.78, 5) is 37.0. The molecule has 4 heterocycles. The molecule has 3 fully saturated rings. The van der Waals surface area contributed by atoms with Crippen LogP contribution in [-0.2, 0) is 14.3 Å². The third-order valence-electron chi connectivity index (χ3n) is 8.51. The lowest BCUT2D eigenvalue weighted by atomic mass is 9.93. The summed E-state index contributed by atoms with van der Waals surface area (Å²) in [5.74, 6) is 1.17. The van der Waals surface area contributed by atoms with E-state index in [9.17, 15) is 9.59 Å². The fourth-order valence-corrected chi connectivity index (χ4v) is 6.11. The number of amides is 2. The SMILES string of the molecule is CN(C(=O)OCC1CCOCC1)[C@@H]1CN(C(=O)C2CCN(c3ccc(C#N)cn3)CC2)C[C@H]1c1ccc(Cl)cc1. The van der Waals surface area contributed by atoms with E-state index in [4.69, 9.17) is 26.3 Å².